The van der Waals surface area contributed by atoms with Gasteiger partial charge >= 0.3 is 5.97 Å². The van der Waals surface area contributed by atoms with Crippen LogP contribution in [0.1, 0.15) is 18.5 Å². The number of benzene rings is 1. The van der Waals surface area contributed by atoms with Crippen molar-refractivity contribution in [3.8, 4) is 0 Å². The number of sulfone groups is 1. The van der Waals surface area contributed by atoms with E-state index in [4.69, 9.17) is 0 Å². The van der Waals surface area contributed by atoms with Crippen LogP contribution in [0.25, 0.3) is 0 Å². The summed E-state index contributed by atoms with van der Waals surface area (Å²) in [5.74, 6) is -0.697. The van der Waals surface area contributed by atoms with Crippen LogP contribution in [0.4, 0.5) is 0 Å². The molecule has 20 heavy (non-hydrogen) atoms. The second-order valence-electron chi connectivity index (χ2n) is 4.51. The molecule has 0 saturated heterocycles. The van der Waals surface area contributed by atoms with Crippen molar-refractivity contribution in [2.24, 2.45) is 0 Å². The fourth-order valence-corrected chi connectivity index (χ4v) is 2.26. The summed E-state index contributed by atoms with van der Waals surface area (Å²) in [6.07, 6.45) is -0.0751. The van der Waals surface area contributed by atoms with Crippen LogP contribution >= 0.6 is 0 Å². The Morgan fingerprint density at radius 3 is 2.35 bits per heavy atom. The highest BCUT2D eigenvalue weighted by Gasteiger charge is 2.16. The van der Waals surface area contributed by atoms with Gasteiger partial charge in [0.05, 0.1) is 12.0 Å². The number of carbonyl (C=O) groups excluding carboxylic acids is 1. The van der Waals surface area contributed by atoms with Gasteiger partial charge in [-0.25, -0.2) is 13.2 Å². The van der Waals surface area contributed by atoms with Crippen molar-refractivity contribution in [1.82, 2.24) is 5.32 Å². The Hall–Kier alpha value is -1.44. The van der Waals surface area contributed by atoms with Gasteiger partial charge in [0.1, 0.15) is 0 Å². The highest BCUT2D eigenvalue weighted by molar-refractivity contribution is 7.90. The third-order valence-corrected chi connectivity index (χ3v) is 4.03. The summed E-state index contributed by atoms with van der Waals surface area (Å²) in [5, 5.41) is 12.4. The first-order chi connectivity index (χ1) is 9.25. The number of methoxy groups -OCH3 is 1. The Bertz CT molecular complexity index is 553. The molecular formula is C13H19NO5S. The van der Waals surface area contributed by atoms with Crippen molar-refractivity contribution in [3.63, 3.8) is 0 Å². The lowest BCUT2D eigenvalue weighted by Gasteiger charge is -2.16. The van der Waals surface area contributed by atoms with E-state index in [0.717, 1.165) is 11.8 Å². The lowest BCUT2D eigenvalue weighted by Crippen LogP contribution is -2.35. The number of rotatable bonds is 6. The van der Waals surface area contributed by atoms with E-state index in [-0.39, 0.29) is 17.5 Å². The summed E-state index contributed by atoms with van der Waals surface area (Å²) in [7, 11) is -2.00. The number of carbonyl (C=O) groups is 1. The number of hydrogen-bond acceptors (Lipinski definition) is 6. The van der Waals surface area contributed by atoms with Crippen molar-refractivity contribution in [2.75, 3.05) is 19.9 Å². The Morgan fingerprint density at radius 1 is 1.35 bits per heavy atom. The topological polar surface area (TPSA) is 92.7 Å². The van der Waals surface area contributed by atoms with Crippen LogP contribution in [0.5, 0.6) is 0 Å². The normalized spacial score (nSPS) is 14.6. The van der Waals surface area contributed by atoms with Crippen LogP contribution in [0, 0.1) is 0 Å². The molecule has 2 atom stereocenters. The average molecular weight is 301 g/mol. The van der Waals surface area contributed by atoms with Crippen LogP contribution in [0.2, 0.25) is 0 Å². The molecule has 0 radical (unpaired) electrons. The van der Waals surface area contributed by atoms with E-state index >= 15 is 0 Å². The fraction of sp³-hybridized carbons (Fsp3) is 0.462. The molecule has 1 aromatic rings. The molecule has 0 aliphatic heterocycles. The van der Waals surface area contributed by atoms with Crippen molar-refractivity contribution in [2.45, 2.75) is 24.0 Å². The Balaban J connectivity index is 2.65. The molecule has 112 valence electrons. The van der Waals surface area contributed by atoms with E-state index in [9.17, 15) is 18.3 Å². The van der Waals surface area contributed by atoms with Crippen LogP contribution in [-0.4, -0.2) is 45.5 Å². The molecule has 0 aliphatic rings. The lowest BCUT2D eigenvalue weighted by molar-refractivity contribution is -0.150. The highest BCUT2D eigenvalue weighted by Crippen LogP contribution is 2.16. The third-order valence-electron chi connectivity index (χ3n) is 2.90. The first-order valence-electron chi connectivity index (χ1n) is 6.05. The van der Waals surface area contributed by atoms with Gasteiger partial charge in [0.15, 0.2) is 15.9 Å². The first-order valence-corrected chi connectivity index (χ1v) is 7.94. The predicted molar refractivity (Wildman–Crippen MR) is 74.0 cm³/mol. The van der Waals surface area contributed by atoms with E-state index in [2.05, 4.69) is 10.1 Å². The zero-order valence-corrected chi connectivity index (χ0v) is 12.5. The minimum absolute atomic E-state index is 0.0572. The number of nitrogens with one attached hydrogen (secondary N) is 1. The fourth-order valence-electron chi connectivity index (χ4n) is 1.63. The van der Waals surface area contributed by atoms with E-state index in [1.807, 2.05) is 6.92 Å². The summed E-state index contributed by atoms with van der Waals surface area (Å²) >= 11 is 0. The van der Waals surface area contributed by atoms with Gasteiger partial charge in [0, 0.05) is 18.8 Å². The number of ether oxygens (including phenoxy) is 1. The van der Waals surface area contributed by atoms with Gasteiger partial charge in [-0.2, -0.15) is 0 Å². The Kier molecular flexibility index (Phi) is 5.67. The summed E-state index contributed by atoms with van der Waals surface area (Å²) in [6, 6.07) is 6.30. The maximum Gasteiger partial charge on any atom is 0.336 e. The molecule has 0 amide bonds. The molecule has 0 saturated carbocycles. The van der Waals surface area contributed by atoms with E-state index < -0.39 is 21.9 Å². The molecule has 1 aromatic carbocycles. The zero-order valence-electron chi connectivity index (χ0n) is 11.7. The number of aliphatic hydroxyl groups is 1. The van der Waals surface area contributed by atoms with Crippen LogP contribution in [-0.2, 0) is 19.4 Å². The standard InChI is InChI=1S/C13H19NO5S/c1-9(14-8-12(15)13(16)19-2)10-4-6-11(7-5-10)20(3,17)18/h4-7,9,12,14-15H,8H2,1-3H3. The minimum atomic E-state index is -3.21. The van der Waals surface area contributed by atoms with Crippen LogP contribution in [0.3, 0.4) is 0 Å². The van der Waals surface area contributed by atoms with Gasteiger partial charge in [0.25, 0.3) is 0 Å². The maximum atomic E-state index is 11.3. The SMILES string of the molecule is COC(=O)C(O)CNC(C)c1ccc(S(C)(=O)=O)cc1. The molecule has 0 aromatic heterocycles. The molecule has 0 spiro atoms. The molecule has 0 aliphatic carbocycles. The maximum absolute atomic E-state index is 11.3. The van der Waals surface area contributed by atoms with Gasteiger partial charge in [0.2, 0.25) is 0 Å². The zero-order chi connectivity index (χ0) is 15.3. The molecule has 0 heterocycles. The number of esters is 1. The second kappa shape index (κ2) is 6.83. The Labute approximate surface area is 118 Å². The van der Waals surface area contributed by atoms with Crippen LogP contribution < -0.4 is 5.32 Å². The Morgan fingerprint density at radius 2 is 1.90 bits per heavy atom. The smallest absolute Gasteiger partial charge is 0.336 e. The third kappa shape index (κ3) is 4.59. The highest BCUT2D eigenvalue weighted by atomic mass is 32.2. The lowest BCUT2D eigenvalue weighted by atomic mass is 10.1. The van der Waals surface area contributed by atoms with Crippen molar-refractivity contribution >= 4 is 15.8 Å². The predicted octanol–water partition coefficient (Wildman–Crippen LogP) is 0.275. The van der Waals surface area contributed by atoms with Crippen molar-refractivity contribution < 1.29 is 23.1 Å². The summed E-state index contributed by atoms with van der Waals surface area (Å²) in [5.41, 5.74) is 0.856. The van der Waals surface area contributed by atoms with E-state index in [1.165, 1.54) is 19.2 Å². The van der Waals surface area contributed by atoms with E-state index in [1.54, 1.807) is 12.1 Å². The number of hydrogen-bond donors (Lipinski definition) is 2. The van der Waals surface area contributed by atoms with Gasteiger partial charge in [-0.15, -0.1) is 0 Å². The summed E-state index contributed by atoms with van der Waals surface area (Å²) in [6.45, 7) is 1.90. The molecule has 2 unspecified atom stereocenters. The summed E-state index contributed by atoms with van der Waals surface area (Å²) < 4.78 is 27.1. The molecule has 2 N–H and O–H groups in total. The second-order valence-corrected chi connectivity index (χ2v) is 6.53. The molecule has 0 bridgehead atoms. The number of aliphatic hydroxyl groups excluding tert-OH is 1. The monoisotopic (exact) mass is 301 g/mol. The van der Waals surface area contributed by atoms with Crippen molar-refractivity contribution in [1.29, 1.82) is 0 Å². The largest absolute Gasteiger partial charge is 0.467 e. The molecule has 7 heteroatoms. The van der Waals surface area contributed by atoms with Gasteiger partial charge in [-0.3, -0.25) is 0 Å². The molecule has 6 nitrogen and oxygen atoms in total. The minimum Gasteiger partial charge on any atom is -0.467 e. The van der Waals surface area contributed by atoms with Gasteiger partial charge in [-0.1, -0.05) is 12.1 Å². The van der Waals surface area contributed by atoms with Crippen molar-refractivity contribution in [3.05, 3.63) is 29.8 Å². The van der Waals surface area contributed by atoms with E-state index in [0.29, 0.717) is 0 Å². The van der Waals surface area contributed by atoms with Gasteiger partial charge in [-0.05, 0) is 24.6 Å². The summed E-state index contributed by atoms with van der Waals surface area (Å²) in [4.78, 5) is 11.3. The molecular weight excluding hydrogens is 282 g/mol. The molecule has 1 rings (SSSR count). The molecule has 0 fully saturated rings. The quantitative estimate of drug-likeness (QED) is 0.733. The first kappa shape index (κ1) is 16.6. The van der Waals surface area contributed by atoms with Crippen LogP contribution in [0.15, 0.2) is 29.2 Å². The average Bonchev–Trinajstić information content (AvgIpc) is 2.42. The van der Waals surface area contributed by atoms with Gasteiger partial charge < -0.3 is 15.2 Å².